The fourth-order valence-electron chi connectivity index (χ4n) is 0.813. The minimum atomic E-state index is -4.53. The molecule has 0 N–H and O–H groups in total. The third kappa shape index (κ3) is 7.49. The molecule has 0 radical (unpaired) electrons. The molecule has 1 atom stereocenters. The summed E-state index contributed by atoms with van der Waals surface area (Å²) in [4.78, 5) is 0. The summed E-state index contributed by atoms with van der Waals surface area (Å²) in [6.45, 7) is 5.11. The van der Waals surface area contributed by atoms with Crippen molar-refractivity contribution in [1.82, 2.24) is 0 Å². The van der Waals surface area contributed by atoms with Crippen LogP contribution in [-0.4, -0.2) is 31.6 Å². The zero-order valence-corrected chi connectivity index (χ0v) is 9.60. The van der Waals surface area contributed by atoms with Gasteiger partial charge in [0, 0.05) is 0 Å². The van der Waals surface area contributed by atoms with E-state index in [1.54, 1.807) is 0 Å². The first-order chi connectivity index (χ1) is 7.17. The molecule has 3 nitrogen and oxygen atoms in total. The van der Waals surface area contributed by atoms with E-state index in [-0.39, 0.29) is 18.8 Å². The minimum absolute atomic E-state index is 0.0472. The Kier molecular flexibility index (Phi) is 5.76. The van der Waals surface area contributed by atoms with E-state index in [0.29, 0.717) is 0 Å². The summed E-state index contributed by atoms with van der Waals surface area (Å²) in [5.74, 6) is -2.07. The predicted octanol–water partition coefficient (Wildman–Crippen LogP) is 2.52. The summed E-state index contributed by atoms with van der Waals surface area (Å²) in [5.41, 5.74) is -0.345. The lowest BCUT2D eigenvalue weighted by molar-refractivity contribution is -0.173. The SMILES string of the molecule is CC(C)(C)OCCOCC(C#N)C(F)(F)F. The van der Waals surface area contributed by atoms with Gasteiger partial charge in [-0.2, -0.15) is 18.4 Å². The molecule has 0 aliphatic heterocycles. The Bertz CT molecular complexity index is 240. The van der Waals surface area contributed by atoms with Crippen molar-refractivity contribution in [3.05, 3.63) is 0 Å². The normalized spacial score (nSPS) is 14.6. The van der Waals surface area contributed by atoms with Crippen LogP contribution >= 0.6 is 0 Å². The first-order valence-electron chi connectivity index (χ1n) is 4.85. The monoisotopic (exact) mass is 239 g/mol. The molecule has 0 rings (SSSR count). The number of halogens is 3. The lowest BCUT2D eigenvalue weighted by Crippen LogP contribution is -2.27. The lowest BCUT2D eigenvalue weighted by Gasteiger charge is -2.19. The molecule has 0 aliphatic rings. The van der Waals surface area contributed by atoms with Crippen LogP contribution in [0.4, 0.5) is 13.2 Å². The fourth-order valence-corrected chi connectivity index (χ4v) is 0.813. The van der Waals surface area contributed by atoms with Crippen molar-refractivity contribution >= 4 is 0 Å². The summed E-state index contributed by atoms with van der Waals surface area (Å²) < 4.78 is 46.2. The van der Waals surface area contributed by atoms with Gasteiger partial charge in [-0.25, -0.2) is 0 Å². The number of hydrogen-bond donors (Lipinski definition) is 0. The molecule has 94 valence electrons. The first-order valence-corrected chi connectivity index (χ1v) is 4.85. The molecule has 0 aromatic carbocycles. The number of rotatable bonds is 5. The molecule has 0 aromatic rings. The van der Waals surface area contributed by atoms with Gasteiger partial charge in [0.15, 0.2) is 5.92 Å². The summed E-state index contributed by atoms with van der Waals surface area (Å²) in [6.07, 6.45) is -4.53. The minimum Gasteiger partial charge on any atom is -0.377 e. The Morgan fingerprint density at radius 2 is 1.75 bits per heavy atom. The molecule has 6 heteroatoms. The van der Waals surface area contributed by atoms with Crippen molar-refractivity contribution in [3.8, 4) is 6.07 Å². The Morgan fingerprint density at radius 1 is 1.19 bits per heavy atom. The smallest absolute Gasteiger partial charge is 0.377 e. The van der Waals surface area contributed by atoms with Crippen LogP contribution in [0.15, 0.2) is 0 Å². The van der Waals surface area contributed by atoms with Crippen LogP contribution in [-0.2, 0) is 9.47 Å². The van der Waals surface area contributed by atoms with Crippen molar-refractivity contribution in [2.24, 2.45) is 5.92 Å². The summed E-state index contributed by atoms with van der Waals surface area (Å²) >= 11 is 0. The van der Waals surface area contributed by atoms with Crippen molar-refractivity contribution in [3.63, 3.8) is 0 Å². The highest BCUT2D eigenvalue weighted by molar-refractivity contribution is 4.88. The quantitative estimate of drug-likeness (QED) is 0.692. The molecule has 0 saturated carbocycles. The number of nitrogens with zero attached hydrogens (tertiary/aromatic N) is 1. The van der Waals surface area contributed by atoms with Gasteiger partial charge < -0.3 is 9.47 Å². The molecular formula is C10H16F3NO2. The number of hydrogen-bond acceptors (Lipinski definition) is 3. The molecule has 0 fully saturated rings. The highest BCUT2D eigenvalue weighted by Gasteiger charge is 2.39. The van der Waals surface area contributed by atoms with E-state index in [1.165, 1.54) is 0 Å². The zero-order chi connectivity index (χ0) is 12.8. The lowest BCUT2D eigenvalue weighted by atomic mass is 10.2. The van der Waals surface area contributed by atoms with Crippen molar-refractivity contribution < 1.29 is 22.6 Å². The summed E-state index contributed by atoms with van der Waals surface area (Å²) in [6, 6.07) is 1.16. The van der Waals surface area contributed by atoms with Crippen LogP contribution in [0.3, 0.4) is 0 Å². The van der Waals surface area contributed by atoms with Crippen LogP contribution < -0.4 is 0 Å². The second-order valence-corrected chi connectivity index (χ2v) is 4.26. The molecule has 0 saturated heterocycles. The maximum absolute atomic E-state index is 12.1. The van der Waals surface area contributed by atoms with E-state index >= 15 is 0 Å². The van der Waals surface area contributed by atoms with Gasteiger partial charge in [-0.1, -0.05) is 0 Å². The van der Waals surface area contributed by atoms with Crippen molar-refractivity contribution in [2.45, 2.75) is 32.5 Å². The van der Waals surface area contributed by atoms with E-state index in [0.717, 1.165) is 6.07 Å². The Hall–Kier alpha value is -0.800. The molecule has 0 amide bonds. The van der Waals surface area contributed by atoms with Crippen LogP contribution in [0.1, 0.15) is 20.8 Å². The van der Waals surface area contributed by atoms with Gasteiger partial charge >= 0.3 is 6.18 Å². The van der Waals surface area contributed by atoms with Crippen molar-refractivity contribution in [2.75, 3.05) is 19.8 Å². The average molecular weight is 239 g/mol. The van der Waals surface area contributed by atoms with Crippen molar-refractivity contribution in [1.29, 1.82) is 5.26 Å². The number of nitriles is 1. The standard InChI is InChI=1S/C10H16F3NO2/c1-9(2,3)16-5-4-15-7-8(6-14)10(11,12)13/h8H,4-5,7H2,1-3H3. The number of ether oxygens (including phenoxy) is 2. The van der Waals surface area contributed by atoms with E-state index in [1.807, 2.05) is 20.8 Å². The van der Waals surface area contributed by atoms with Gasteiger partial charge in [-0.15, -0.1) is 0 Å². The molecule has 0 bridgehead atoms. The average Bonchev–Trinajstić information content (AvgIpc) is 2.07. The molecule has 0 heterocycles. The Labute approximate surface area is 93.1 Å². The fraction of sp³-hybridized carbons (Fsp3) is 0.900. The van der Waals surface area contributed by atoms with E-state index in [9.17, 15) is 13.2 Å². The largest absolute Gasteiger partial charge is 0.406 e. The van der Waals surface area contributed by atoms with Gasteiger partial charge in [-0.3, -0.25) is 0 Å². The Morgan fingerprint density at radius 3 is 2.12 bits per heavy atom. The van der Waals surface area contributed by atoms with Crippen LogP contribution in [0.25, 0.3) is 0 Å². The Balaban J connectivity index is 3.71. The predicted molar refractivity (Wildman–Crippen MR) is 51.7 cm³/mol. The van der Waals surface area contributed by atoms with Crippen LogP contribution in [0.5, 0.6) is 0 Å². The van der Waals surface area contributed by atoms with E-state index in [4.69, 9.17) is 14.7 Å². The summed E-state index contributed by atoms with van der Waals surface area (Å²) in [7, 11) is 0. The van der Waals surface area contributed by atoms with Gasteiger partial charge in [0.05, 0.1) is 31.5 Å². The van der Waals surface area contributed by atoms with Gasteiger partial charge in [0.25, 0.3) is 0 Å². The summed E-state index contributed by atoms with van der Waals surface area (Å²) in [5, 5.41) is 8.27. The van der Waals surface area contributed by atoms with Crippen LogP contribution in [0.2, 0.25) is 0 Å². The molecule has 16 heavy (non-hydrogen) atoms. The van der Waals surface area contributed by atoms with Gasteiger partial charge in [-0.05, 0) is 20.8 Å². The highest BCUT2D eigenvalue weighted by Crippen LogP contribution is 2.25. The molecule has 1 unspecified atom stereocenters. The maximum atomic E-state index is 12.1. The highest BCUT2D eigenvalue weighted by atomic mass is 19.4. The van der Waals surface area contributed by atoms with Gasteiger partial charge in [0.2, 0.25) is 0 Å². The topological polar surface area (TPSA) is 42.2 Å². The molecule has 0 spiro atoms. The van der Waals surface area contributed by atoms with Crippen LogP contribution in [0, 0.1) is 17.2 Å². The third-order valence-electron chi connectivity index (χ3n) is 1.60. The van der Waals surface area contributed by atoms with E-state index < -0.39 is 18.7 Å². The molecular weight excluding hydrogens is 223 g/mol. The zero-order valence-electron chi connectivity index (χ0n) is 9.60. The van der Waals surface area contributed by atoms with Gasteiger partial charge in [0.1, 0.15) is 0 Å². The first kappa shape index (κ1) is 15.2. The maximum Gasteiger partial charge on any atom is 0.406 e. The molecule has 0 aliphatic carbocycles. The third-order valence-corrected chi connectivity index (χ3v) is 1.60. The second-order valence-electron chi connectivity index (χ2n) is 4.26. The molecule has 0 aromatic heterocycles. The number of alkyl halides is 3. The van der Waals surface area contributed by atoms with E-state index in [2.05, 4.69) is 0 Å². The second kappa shape index (κ2) is 6.06.